The Kier molecular flexibility index (Phi) is 5.09. The summed E-state index contributed by atoms with van der Waals surface area (Å²) in [6, 6.07) is 12.1. The number of rotatable bonds is 6. The Labute approximate surface area is 131 Å². The molecule has 0 aliphatic heterocycles. The molecule has 0 aliphatic carbocycles. The molecule has 0 spiro atoms. The van der Waals surface area contributed by atoms with Gasteiger partial charge in [0.05, 0.1) is 16.4 Å². The van der Waals surface area contributed by atoms with E-state index >= 15 is 0 Å². The van der Waals surface area contributed by atoms with Gasteiger partial charge in [-0.15, -0.1) is 0 Å². The summed E-state index contributed by atoms with van der Waals surface area (Å²) in [5, 5.41) is 10.6. The van der Waals surface area contributed by atoms with E-state index < -0.39 is 20.6 Å². The molecule has 0 bridgehead atoms. The zero-order valence-corrected chi connectivity index (χ0v) is 12.7. The fourth-order valence-corrected chi connectivity index (χ4v) is 2.62. The van der Waals surface area contributed by atoms with Crippen molar-refractivity contribution in [2.75, 3.05) is 0 Å². The zero-order valence-electron chi connectivity index (χ0n) is 11.1. The minimum absolute atomic E-state index is 0.0236. The van der Waals surface area contributed by atoms with Crippen LogP contribution < -0.4 is 4.89 Å². The van der Waals surface area contributed by atoms with Gasteiger partial charge in [-0.05, 0) is 17.7 Å². The van der Waals surface area contributed by atoms with E-state index in [4.69, 9.17) is 16.4 Å². The SMILES string of the molecule is O=[N+]([O-])c1cc(S(=O)(=O)NOCc2ccccc2)ccc1Cl. The first-order chi connectivity index (χ1) is 10.4. The molecule has 1 N–H and O–H groups in total. The minimum atomic E-state index is -4.04. The molecule has 0 amide bonds. The molecule has 2 aromatic carbocycles. The van der Waals surface area contributed by atoms with Crippen LogP contribution in [-0.2, 0) is 21.5 Å². The molecule has 2 rings (SSSR count). The first-order valence-electron chi connectivity index (χ1n) is 6.01. The zero-order chi connectivity index (χ0) is 16.2. The smallest absolute Gasteiger partial charge is 0.282 e. The molecule has 0 radical (unpaired) electrons. The van der Waals surface area contributed by atoms with E-state index in [1.54, 1.807) is 24.3 Å². The highest BCUT2D eigenvalue weighted by molar-refractivity contribution is 7.89. The average molecular weight is 343 g/mol. The number of nitro groups is 1. The number of nitrogens with zero attached hydrogens (tertiary/aromatic N) is 1. The van der Waals surface area contributed by atoms with Crippen LogP contribution in [0.25, 0.3) is 0 Å². The molecule has 22 heavy (non-hydrogen) atoms. The van der Waals surface area contributed by atoms with Crippen molar-refractivity contribution in [3.63, 3.8) is 0 Å². The molecule has 0 atom stereocenters. The lowest BCUT2D eigenvalue weighted by atomic mass is 10.2. The summed E-state index contributed by atoms with van der Waals surface area (Å²) < 4.78 is 24.0. The van der Waals surface area contributed by atoms with Crippen molar-refractivity contribution in [1.82, 2.24) is 4.89 Å². The Hall–Kier alpha value is -2.00. The largest absolute Gasteiger partial charge is 0.289 e. The Morgan fingerprint density at radius 1 is 1.18 bits per heavy atom. The molecule has 0 unspecified atom stereocenters. The van der Waals surface area contributed by atoms with Crippen molar-refractivity contribution in [3.05, 3.63) is 69.2 Å². The second-order valence-corrected chi connectivity index (χ2v) is 6.28. The van der Waals surface area contributed by atoms with Gasteiger partial charge in [-0.1, -0.05) is 46.8 Å². The summed E-state index contributed by atoms with van der Waals surface area (Å²) >= 11 is 5.64. The average Bonchev–Trinajstić information content (AvgIpc) is 2.48. The summed E-state index contributed by atoms with van der Waals surface area (Å²) in [5.41, 5.74) is 0.278. The third-order valence-corrected chi connectivity index (χ3v) is 4.21. The molecule has 0 aliphatic rings. The second kappa shape index (κ2) is 6.84. The lowest BCUT2D eigenvalue weighted by Crippen LogP contribution is -2.24. The Morgan fingerprint density at radius 3 is 2.50 bits per heavy atom. The third kappa shape index (κ3) is 4.01. The maximum absolute atomic E-state index is 12.0. The number of sulfonamides is 1. The molecule has 0 saturated carbocycles. The van der Waals surface area contributed by atoms with E-state index in [9.17, 15) is 18.5 Å². The van der Waals surface area contributed by atoms with Crippen molar-refractivity contribution >= 4 is 27.3 Å². The summed E-state index contributed by atoms with van der Waals surface area (Å²) in [6.45, 7) is 0.0236. The van der Waals surface area contributed by atoms with Gasteiger partial charge in [0.15, 0.2) is 0 Å². The fraction of sp³-hybridized carbons (Fsp3) is 0.0769. The van der Waals surface area contributed by atoms with Gasteiger partial charge in [0.2, 0.25) is 0 Å². The molecular formula is C13H11ClN2O5S. The van der Waals surface area contributed by atoms with Crippen LogP contribution in [0.2, 0.25) is 5.02 Å². The normalized spacial score (nSPS) is 11.3. The van der Waals surface area contributed by atoms with Gasteiger partial charge in [-0.3, -0.25) is 15.0 Å². The van der Waals surface area contributed by atoms with E-state index in [1.807, 2.05) is 11.0 Å². The van der Waals surface area contributed by atoms with E-state index in [1.165, 1.54) is 0 Å². The van der Waals surface area contributed by atoms with E-state index in [-0.39, 0.29) is 16.5 Å². The highest BCUT2D eigenvalue weighted by Crippen LogP contribution is 2.26. The molecular weight excluding hydrogens is 332 g/mol. The van der Waals surface area contributed by atoms with Crippen LogP contribution in [0.3, 0.4) is 0 Å². The van der Waals surface area contributed by atoms with Gasteiger partial charge in [0.1, 0.15) is 5.02 Å². The number of nitro benzene ring substituents is 1. The molecule has 0 saturated heterocycles. The molecule has 7 nitrogen and oxygen atoms in total. The molecule has 2 aromatic rings. The van der Waals surface area contributed by atoms with Crippen LogP contribution in [0.15, 0.2) is 53.4 Å². The van der Waals surface area contributed by atoms with Gasteiger partial charge in [-0.2, -0.15) is 0 Å². The van der Waals surface area contributed by atoms with Gasteiger partial charge < -0.3 is 0 Å². The highest BCUT2D eigenvalue weighted by atomic mass is 35.5. The minimum Gasteiger partial charge on any atom is -0.282 e. The Bertz CT molecular complexity index is 780. The van der Waals surface area contributed by atoms with Gasteiger partial charge in [0.25, 0.3) is 15.7 Å². The number of hydrogen-bond donors (Lipinski definition) is 1. The quantitative estimate of drug-likeness (QED) is 0.642. The topological polar surface area (TPSA) is 98.5 Å². The monoisotopic (exact) mass is 342 g/mol. The van der Waals surface area contributed by atoms with E-state index in [0.29, 0.717) is 0 Å². The summed E-state index contributed by atoms with van der Waals surface area (Å²) in [5.74, 6) is 0. The van der Waals surface area contributed by atoms with Crippen molar-refractivity contribution in [2.24, 2.45) is 0 Å². The van der Waals surface area contributed by atoms with Crippen molar-refractivity contribution in [3.8, 4) is 0 Å². The van der Waals surface area contributed by atoms with Crippen LogP contribution in [0, 0.1) is 10.1 Å². The first-order valence-corrected chi connectivity index (χ1v) is 7.88. The Balaban J connectivity index is 2.10. The van der Waals surface area contributed by atoms with Gasteiger partial charge in [0, 0.05) is 6.07 Å². The van der Waals surface area contributed by atoms with Crippen molar-refractivity contribution in [2.45, 2.75) is 11.5 Å². The number of hydrogen-bond acceptors (Lipinski definition) is 5. The number of benzene rings is 2. The molecule has 116 valence electrons. The maximum atomic E-state index is 12.0. The summed E-state index contributed by atoms with van der Waals surface area (Å²) in [7, 11) is -4.04. The van der Waals surface area contributed by atoms with E-state index in [2.05, 4.69) is 0 Å². The standard InChI is InChI=1S/C13H11ClN2O5S/c14-12-7-6-11(8-13(12)16(17)18)22(19,20)15-21-9-10-4-2-1-3-5-10/h1-8,15H,9H2. The molecule has 0 fully saturated rings. The lowest BCUT2D eigenvalue weighted by molar-refractivity contribution is -0.384. The van der Waals surface area contributed by atoms with Crippen LogP contribution in [0.1, 0.15) is 5.56 Å². The first kappa shape index (κ1) is 16.4. The van der Waals surface area contributed by atoms with Crippen LogP contribution >= 0.6 is 11.6 Å². The van der Waals surface area contributed by atoms with Crippen molar-refractivity contribution < 1.29 is 18.2 Å². The maximum Gasteiger partial charge on any atom is 0.289 e. The van der Waals surface area contributed by atoms with Crippen LogP contribution in [0.4, 0.5) is 5.69 Å². The van der Waals surface area contributed by atoms with Crippen LogP contribution in [0.5, 0.6) is 0 Å². The summed E-state index contributed by atoms with van der Waals surface area (Å²) in [4.78, 5) is 16.6. The molecule has 0 heterocycles. The second-order valence-electron chi connectivity index (χ2n) is 4.23. The predicted octanol–water partition coefficient (Wildman–Crippen LogP) is 2.66. The van der Waals surface area contributed by atoms with Gasteiger partial charge in [-0.25, -0.2) is 8.42 Å². The molecule has 9 heteroatoms. The highest BCUT2D eigenvalue weighted by Gasteiger charge is 2.20. The number of halogens is 1. The number of nitrogens with one attached hydrogen (secondary N) is 1. The fourth-order valence-electron chi connectivity index (χ4n) is 1.61. The van der Waals surface area contributed by atoms with E-state index in [0.717, 1.165) is 23.8 Å². The molecule has 0 aromatic heterocycles. The van der Waals surface area contributed by atoms with Crippen molar-refractivity contribution in [1.29, 1.82) is 0 Å². The predicted molar refractivity (Wildman–Crippen MR) is 79.7 cm³/mol. The Morgan fingerprint density at radius 2 is 1.86 bits per heavy atom. The van der Waals surface area contributed by atoms with Gasteiger partial charge >= 0.3 is 0 Å². The summed E-state index contributed by atoms with van der Waals surface area (Å²) in [6.07, 6.45) is 0. The third-order valence-electron chi connectivity index (χ3n) is 2.67. The van der Waals surface area contributed by atoms with Crippen LogP contribution in [-0.4, -0.2) is 13.3 Å². The lowest BCUT2D eigenvalue weighted by Gasteiger charge is -2.07.